The molecule has 1 aromatic heterocycles. The molecule has 3 rings (SSSR count). The van der Waals surface area contributed by atoms with Crippen LogP contribution in [0.15, 0.2) is 24.3 Å². The summed E-state index contributed by atoms with van der Waals surface area (Å²) in [6.45, 7) is 5.13. The van der Waals surface area contributed by atoms with Gasteiger partial charge in [0.05, 0.1) is 6.54 Å². The monoisotopic (exact) mass is 259 g/mol. The molecule has 0 saturated heterocycles. The summed E-state index contributed by atoms with van der Waals surface area (Å²) in [4.78, 5) is 2.48. The van der Waals surface area contributed by atoms with E-state index < -0.39 is 0 Å². The Kier molecular flexibility index (Phi) is 3.39. The van der Waals surface area contributed by atoms with Crippen LogP contribution in [0.5, 0.6) is 0 Å². The van der Waals surface area contributed by atoms with Crippen molar-refractivity contribution in [1.82, 2.24) is 15.1 Å². The minimum atomic E-state index is 0.930. The number of aromatic nitrogens is 2. The Bertz CT molecular complexity index is 535. The van der Waals surface area contributed by atoms with Crippen LogP contribution in [0.4, 0.5) is 0 Å². The molecule has 4 heteroatoms. The molecule has 3 nitrogen and oxygen atoms in total. The van der Waals surface area contributed by atoms with E-state index in [1.54, 1.807) is 11.3 Å². The van der Waals surface area contributed by atoms with Gasteiger partial charge in [-0.05, 0) is 37.4 Å². The third-order valence-electron chi connectivity index (χ3n) is 3.36. The number of benzene rings is 1. The predicted octanol–water partition coefficient (Wildman–Crippen LogP) is 2.79. The first-order valence-corrected chi connectivity index (χ1v) is 7.21. The van der Waals surface area contributed by atoms with E-state index in [0.717, 1.165) is 29.6 Å². The molecular formula is C14H17N3S. The first kappa shape index (κ1) is 11.8. The van der Waals surface area contributed by atoms with E-state index in [0.29, 0.717) is 0 Å². The molecule has 2 aromatic rings. The zero-order valence-corrected chi connectivity index (χ0v) is 11.4. The van der Waals surface area contributed by atoms with Gasteiger partial charge in [-0.25, -0.2) is 0 Å². The topological polar surface area (TPSA) is 29.0 Å². The molecule has 1 aliphatic heterocycles. The van der Waals surface area contributed by atoms with Crippen LogP contribution < -0.4 is 0 Å². The van der Waals surface area contributed by atoms with Crippen molar-refractivity contribution in [2.24, 2.45) is 0 Å². The van der Waals surface area contributed by atoms with Gasteiger partial charge in [0.2, 0.25) is 0 Å². The largest absolute Gasteiger partial charge is 0.292 e. The molecule has 0 fully saturated rings. The first-order chi connectivity index (χ1) is 8.81. The number of fused-ring (bicyclic) bond motifs is 1. The number of hydrogen-bond acceptors (Lipinski definition) is 4. The van der Waals surface area contributed by atoms with Gasteiger partial charge in [0.15, 0.2) is 0 Å². The van der Waals surface area contributed by atoms with Gasteiger partial charge in [-0.1, -0.05) is 24.3 Å². The second-order valence-electron chi connectivity index (χ2n) is 4.80. The maximum atomic E-state index is 4.22. The molecule has 2 heterocycles. The number of nitrogens with zero attached hydrogens (tertiary/aromatic N) is 3. The molecule has 1 aromatic carbocycles. The normalized spacial score (nSPS) is 16.3. The van der Waals surface area contributed by atoms with Crippen LogP contribution in [0.25, 0.3) is 0 Å². The highest BCUT2D eigenvalue weighted by atomic mass is 32.1. The fourth-order valence-corrected chi connectivity index (χ4v) is 3.25. The summed E-state index contributed by atoms with van der Waals surface area (Å²) in [5.74, 6) is 0. The molecule has 94 valence electrons. The third-order valence-corrected chi connectivity index (χ3v) is 4.18. The van der Waals surface area contributed by atoms with Crippen molar-refractivity contribution in [2.45, 2.75) is 32.9 Å². The Labute approximate surface area is 111 Å². The molecule has 0 saturated carbocycles. The van der Waals surface area contributed by atoms with Gasteiger partial charge in [0, 0.05) is 6.54 Å². The van der Waals surface area contributed by atoms with Crippen LogP contribution in [0, 0.1) is 6.92 Å². The van der Waals surface area contributed by atoms with Crippen molar-refractivity contribution < 1.29 is 0 Å². The summed E-state index contributed by atoms with van der Waals surface area (Å²) in [6, 6.07) is 8.78. The Morgan fingerprint density at radius 1 is 1.22 bits per heavy atom. The van der Waals surface area contributed by atoms with Gasteiger partial charge >= 0.3 is 0 Å². The molecule has 0 unspecified atom stereocenters. The standard InChI is InChI=1S/C14H17N3S/c1-11-15-16-14(18-11)10-17-8-4-7-12-5-2-3-6-13(12)9-17/h2-3,5-6H,4,7-10H2,1H3. The van der Waals surface area contributed by atoms with Crippen LogP contribution in [0.1, 0.15) is 27.6 Å². The molecule has 0 atom stereocenters. The van der Waals surface area contributed by atoms with Crippen LogP contribution >= 0.6 is 11.3 Å². The van der Waals surface area contributed by atoms with Gasteiger partial charge in [0.1, 0.15) is 10.0 Å². The van der Waals surface area contributed by atoms with Crippen molar-refractivity contribution in [1.29, 1.82) is 0 Å². The quantitative estimate of drug-likeness (QED) is 0.830. The second kappa shape index (κ2) is 5.16. The van der Waals surface area contributed by atoms with Crippen molar-refractivity contribution in [3.63, 3.8) is 0 Å². The summed E-state index contributed by atoms with van der Waals surface area (Å²) in [5, 5.41) is 10.5. The van der Waals surface area contributed by atoms with E-state index >= 15 is 0 Å². The zero-order chi connectivity index (χ0) is 12.4. The van der Waals surface area contributed by atoms with Crippen molar-refractivity contribution in [3.05, 3.63) is 45.4 Å². The maximum absolute atomic E-state index is 4.22. The maximum Gasteiger partial charge on any atom is 0.131 e. The molecule has 18 heavy (non-hydrogen) atoms. The summed E-state index contributed by atoms with van der Waals surface area (Å²) < 4.78 is 0. The Balaban J connectivity index is 1.75. The van der Waals surface area contributed by atoms with Gasteiger partial charge in [-0.2, -0.15) is 0 Å². The predicted molar refractivity (Wildman–Crippen MR) is 73.5 cm³/mol. The van der Waals surface area contributed by atoms with E-state index in [9.17, 15) is 0 Å². The second-order valence-corrected chi connectivity index (χ2v) is 6.06. The summed E-state index contributed by atoms with van der Waals surface area (Å²) in [7, 11) is 0. The summed E-state index contributed by atoms with van der Waals surface area (Å²) >= 11 is 1.71. The smallest absolute Gasteiger partial charge is 0.131 e. The molecule has 0 bridgehead atoms. The van der Waals surface area contributed by atoms with E-state index in [1.807, 2.05) is 6.92 Å². The number of hydrogen-bond donors (Lipinski definition) is 0. The van der Waals surface area contributed by atoms with Gasteiger partial charge in [0.25, 0.3) is 0 Å². The van der Waals surface area contributed by atoms with E-state index in [-0.39, 0.29) is 0 Å². The molecule has 1 aliphatic rings. The van der Waals surface area contributed by atoms with Crippen molar-refractivity contribution >= 4 is 11.3 Å². The molecular weight excluding hydrogens is 242 g/mol. The lowest BCUT2D eigenvalue weighted by Crippen LogP contribution is -2.22. The van der Waals surface area contributed by atoms with Crippen molar-refractivity contribution in [2.75, 3.05) is 6.54 Å². The molecule has 0 spiro atoms. The first-order valence-electron chi connectivity index (χ1n) is 6.39. The average Bonchev–Trinajstić information content (AvgIpc) is 2.66. The Morgan fingerprint density at radius 3 is 2.83 bits per heavy atom. The third kappa shape index (κ3) is 2.60. The van der Waals surface area contributed by atoms with Gasteiger partial charge in [-0.3, -0.25) is 4.90 Å². The number of aryl methyl sites for hydroxylation is 2. The van der Waals surface area contributed by atoms with Crippen LogP contribution in [-0.4, -0.2) is 21.6 Å². The Morgan fingerprint density at radius 2 is 2.06 bits per heavy atom. The highest BCUT2D eigenvalue weighted by molar-refractivity contribution is 7.11. The molecule has 0 N–H and O–H groups in total. The zero-order valence-electron chi connectivity index (χ0n) is 10.6. The number of rotatable bonds is 2. The summed E-state index contributed by atoms with van der Waals surface area (Å²) in [6.07, 6.45) is 2.43. The minimum absolute atomic E-state index is 0.930. The van der Waals surface area contributed by atoms with E-state index in [2.05, 4.69) is 39.4 Å². The Hall–Kier alpha value is -1.26. The average molecular weight is 259 g/mol. The van der Waals surface area contributed by atoms with Gasteiger partial charge < -0.3 is 0 Å². The SMILES string of the molecule is Cc1nnc(CN2CCCc3ccccc3C2)s1. The highest BCUT2D eigenvalue weighted by Crippen LogP contribution is 2.20. The molecule has 0 aliphatic carbocycles. The van der Waals surface area contributed by atoms with Crippen LogP contribution in [0.2, 0.25) is 0 Å². The minimum Gasteiger partial charge on any atom is -0.292 e. The molecule has 0 amide bonds. The lowest BCUT2D eigenvalue weighted by atomic mass is 10.0. The van der Waals surface area contributed by atoms with Crippen LogP contribution in [-0.2, 0) is 19.5 Å². The summed E-state index contributed by atoms with van der Waals surface area (Å²) in [5.41, 5.74) is 2.98. The van der Waals surface area contributed by atoms with Gasteiger partial charge in [-0.15, -0.1) is 21.5 Å². The molecule has 0 radical (unpaired) electrons. The van der Waals surface area contributed by atoms with E-state index in [1.165, 1.54) is 24.0 Å². The van der Waals surface area contributed by atoms with E-state index in [4.69, 9.17) is 0 Å². The fraction of sp³-hybridized carbons (Fsp3) is 0.429. The fourth-order valence-electron chi connectivity index (χ4n) is 2.50. The lowest BCUT2D eigenvalue weighted by Gasteiger charge is -2.18. The van der Waals surface area contributed by atoms with Crippen molar-refractivity contribution in [3.8, 4) is 0 Å². The lowest BCUT2D eigenvalue weighted by molar-refractivity contribution is 0.260. The highest BCUT2D eigenvalue weighted by Gasteiger charge is 2.15. The van der Waals surface area contributed by atoms with Crippen LogP contribution in [0.3, 0.4) is 0 Å².